The molecule has 3 saturated carbocycles. The molecule has 0 bridgehead atoms. The Hall–Kier alpha value is -1.87. The van der Waals surface area contributed by atoms with Gasteiger partial charge in [-0.1, -0.05) is 20.8 Å². The summed E-state index contributed by atoms with van der Waals surface area (Å²) >= 11 is 0. The Morgan fingerprint density at radius 2 is 1.56 bits per heavy atom. The maximum absolute atomic E-state index is 12.8. The molecule has 224 valence electrons. The standard InChI is InChI=1S/C30H53N3O6/c1-27(2,3)13-22(18-34)31-20-9-10-24(33-26(37)38-28(4,5)6)19(11-20)12-29(7,8)39-25(36)32-21-14-30(15-21)16-23(35)17-30/h19-22,24,31,34H,9-18H2,1-8H3,(H,32,36)(H,33,37)/t19?,20?,22-,24?/m1/s1. The van der Waals surface area contributed by atoms with Gasteiger partial charge in [-0.3, -0.25) is 4.79 Å². The zero-order valence-corrected chi connectivity index (χ0v) is 25.4. The fourth-order valence-electron chi connectivity index (χ4n) is 6.82. The predicted molar refractivity (Wildman–Crippen MR) is 150 cm³/mol. The fraction of sp³-hybridized carbons (Fsp3) is 0.900. The summed E-state index contributed by atoms with van der Waals surface area (Å²) in [6.45, 7) is 15.9. The van der Waals surface area contributed by atoms with Crippen LogP contribution in [-0.2, 0) is 14.3 Å². The molecule has 3 fully saturated rings. The summed E-state index contributed by atoms with van der Waals surface area (Å²) in [6.07, 6.45) is 5.94. The summed E-state index contributed by atoms with van der Waals surface area (Å²) in [6, 6.07) is 0.135. The molecule has 3 aliphatic rings. The molecule has 0 radical (unpaired) electrons. The van der Waals surface area contributed by atoms with Gasteiger partial charge in [0.05, 0.1) is 6.61 Å². The summed E-state index contributed by atoms with van der Waals surface area (Å²) in [4.78, 5) is 36.8. The lowest BCUT2D eigenvalue weighted by Crippen LogP contribution is -2.57. The van der Waals surface area contributed by atoms with Gasteiger partial charge >= 0.3 is 12.2 Å². The molecule has 0 saturated heterocycles. The minimum absolute atomic E-state index is 0.00205. The highest BCUT2D eigenvalue weighted by Crippen LogP contribution is 2.54. The lowest BCUT2D eigenvalue weighted by atomic mass is 9.53. The van der Waals surface area contributed by atoms with Crippen LogP contribution in [0, 0.1) is 16.7 Å². The summed E-state index contributed by atoms with van der Waals surface area (Å²) in [7, 11) is 0. The van der Waals surface area contributed by atoms with Crippen molar-refractivity contribution in [2.24, 2.45) is 16.7 Å². The van der Waals surface area contributed by atoms with Crippen LogP contribution in [0.1, 0.15) is 113 Å². The molecule has 4 N–H and O–H groups in total. The number of carbonyl (C=O) groups is 3. The lowest BCUT2D eigenvalue weighted by Gasteiger charge is -2.52. The molecular formula is C30H53N3O6. The van der Waals surface area contributed by atoms with Gasteiger partial charge in [0.1, 0.15) is 17.0 Å². The SMILES string of the molecule is CC(C)(C)C[C@H](CO)NC1CCC(NC(=O)OC(C)(C)C)C(CC(C)(C)OC(=O)NC2CC3(CC(=O)C3)C2)C1. The van der Waals surface area contributed by atoms with Gasteiger partial charge in [0.25, 0.3) is 0 Å². The van der Waals surface area contributed by atoms with Crippen molar-refractivity contribution in [3.05, 3.63) is 0 Å². The van der Waals surface area contributed by atoms with Crippen LogP contribution in [0.2, 0.25) is 0 Å². The maximum atomic E-state index is 12.8. The van der Waals surface area contributed by atoms with Crippen molar-refractivity contribution in [1.29, 1.82) is 0 Å². The molecule has 0 aromatic heterocycles. The summed E-state index contributed by atoms with van der Waals surface area (Å²) < 4.78 is 11.4. The monoisotopic (exact) mass is 551 g/mol. The Kier molecular flexibility index (Phi) is 9.68. The number of aliphatic hydroxyl groups excluding tert-OH is 1. The van der Waals surface area contributed by atoms with Gasteiger partial charge in [-0.15, -0.1) is 0 Å². The Labute approximate surface area is 234 Å². The molecule has 4 atom stereocenters. The van der Waals surface area contributed by atoms with Crippen LogP contribution in [0.5, 0.6) is 0 Å². The van der Waals surface area contributed by atoms with E-state index in [4.69, 9.17) is 9.47 Å². The highest BCUT2D eigenvalue weighted by atomic mass is 16.6. The summed E-state index contributed by atoms with van der Waals surface area (Å²) in [5, 5.41) is 19.7. The van der Waals surface area contributed by atoms with Crippen LogP contribution in [0.15, 0.2) is 0 Å². The van der Waals surface area contributed by atoms with Crippen LogP contribution in [0.4, 0.5) is 9.59 Å². The van der Waals surface area contributed by atoms with Gasteiger partial charge in [-0.25, -0.2) is 9.59 Å². The molecule has 9 nitrogen and oxygen atoms in total. The number of nitrogens with one attached hydrogen (secondary N) is 3. The van der Waals surface area contributed by atoms with Crippen LogP contribution < -0.4 is 16.0 Å². The first-order chi connectivity index (χ1) is 17.9. The normalized spacial score (nSPS) is 26.3. The van der Waals surface area contributed by atoms with E-state index in [1.165, 1.54) is 0 Å². The first-order valence-electron chi connectivity index (χ1n) is 14.7. The fourth-order valence-corrected chi connectivity index (χ4v) is 6.82. The van der Waals surface area contributed by atoms with E-state index in [0.717, 1.165) is 38.5 Å². The second-order valence-electron chi connectivity index (χ2n) is 15.3. The second-order valence-corrected chi connectivity index (χ2v) is 15.3. The molecule has 39 heavy (non-hydrogen) atoms. The van der Waals surface area contributed by atoms with Gasteiger partial charge in [-0.2, -0.15) is 0 Å². The third-order valence-corrected chi connectivity index (χ3v) is 8.18. The van der Waals surface area contributed by atoms with Crippen molar-refractivity contribution >= 4 is 18.0 Å². The van der Waals surface area contributed by atoms with Gasteiger partial charge < -0.3 is 30.5 Å². The van der Waals surface area contributed by atoms with E-state index in [0.29, 0.717) is 25.0 Å². The Bertz CT molecular complexity index is 874. The van der Waals surface area contributed by atoms with Gasteiger partial charge in [0.2, 0.25) is 0 Å². The van der Waals surface area contributed by atoms with Crippen molar-refractivity contribution in [2.75, 3.05) is 6.61 Å². The highest BCUT2D eigenvalue weighted by Gasteiger charge is 2.53. The van der Waals surface area contributed by atoms with Crippen molar-refractivity contribution < 1.29 is 29.0 Å². The van der Waals surface area contributed by atoms with Crippen LogP contribution in [0.25, 0.3) is 0 Å². The van der Waals surface area contributed by atoms with E-state index in [9.17, 15) is 19.5 Å². The van der Waals surface area contributed by atoms with E-state index >= 15 is 0 Å². The number of carbonyl (C=O) groups excluding carboxylic acids is 3. The number of ketones is 1. The third kappa shape index (κ3) is 9.92. The van der Waals surface area contributed by atoms with Gasteiger partial charge in [0, 0.05) is 37.0 Å². The second kappa shape index (κ2) is 11.9. The van der Waals surface area contributed by atoms with E-state index in [1.54, 1.807) is 0 Å². The molecule has 0 aliphatic heterocycles. The zero-order valence-electron chi connectivity index (χ0n) is 25.4. The van der Waals surface area contributed by atoms with E-state index in [2.05, 4.69) is 36.7 Å². The number of hydrogen-bond acceptors (Lipinski definition) is 7. The number of alkyl carbamates (subject to hydrolysis) is 2. The molecule has 3 aliphatic carbocycles. The number of rotatable bonds is 9. The number of ether oxygens (including phenoxy) is 2. The predicted octanol–water partition coefficient (Wildman–Crippen LogP) is 4.84. The summed E-state index contributed by atoms with van der Waals surface area (Å²) in [5.74, 6) is 0.365. The number of hydrogen-bond donors (Lipinski definition) is 4. The Balaban J connectivity index is 1.60. The lowest BCUT2D eigenvalue weighted by molar-refractivity contribution is -0.139. The quantitative estimate of drug-likeness (QED) is 0.323. The molecule has 0 aromatic carbocycles. The topological polar surface area (TPSA) is 126 Å². The average molecular weight is 552 g/mol. The van der Waals surface area contributed by atoms with E-state index in [-0.39, 0.29) is 47.5 Å². The average Bonchev–Trinajstić information content (AvgIpc) is 2.69. The number of aliphatic hydroxyl groups is 1. The third-order valence-electron chi connectivity index (χ3n) is 8.18. The van der Waals surface area contributed by atoms with Gasteiger partial charge in [-0.05, 0) is 96.3 Å². The molecule has 1 spiro atoms. The molecular weight excluding hydrogens is 498 g/mol. The van der Waals surface area contributed by atoms with E-state index < -0.39 is 23.4 Å². The molecule has 9 heteroatoms. The summed E-state index contributed by atoms with van der Waals surface area (Å²) in [5.41, 5.74) is -1.13. The minimum Gasteiger partial charge on any atom is -0.444 e. The molecule has 0 aromatic rings. The smallest absolute Gasteiger partial charge is 0.407 e. The Morgan fingerprint density at radius 1 is 0.949 bits per heavy atom. The van der Waals surface area contributed by atoms with Gasteiger partial charge in [0.15, 0.2) is 0 Å². The van der Waals surface area contributed by atoms with E-state index in [1.807, 2.05) is 34.6 Å². The zero-order chi connectivity index (χ0) is 29.2. The Morgan fingerprint density at radius 3 is 2.10 bits per heavy atom. The first-order valence-corrected chi connectivity index (χ1v) is 14.7. The van der Waals surface area contributed by atoms with Crippen molar-refractivity contribution in [3.8, 4) is 0 Å². The molecule has 2 amide bonds. The number of amides is 2. The molecule has 0 heterocycles. The molecule has 3 unspecified atom stereocenters. The highest BCUT2D eigenvalue weighted by molar-refractivity contribution is 5.86. The van der Waals surface area contributed by atoms with Crippen molar-refractivity contribution in [2.45, 2.75) is 149 Å². The maximum Gasteiger partial charge on any atom is 0.407 e. The largest absolute Gasteiger partial charge is 0.444 e. The van der Waals surface area contributed by atoms with Crippen LogP contribution in [0.3, 0.4) is 0 Å². The minimum atomic E-state index is -0.750. The first kappa shape index (κ1) is 31.7. The van der Waals surface area contributed by atoms with Crippen molar-refractivity contribution in [1.82, 2.24) is 16.0 Å². The van der Waals surface area contributed by atoms with Crippen LogP contribution >= 0.6 is 0 Å². The van der Waals surface area contributed by atoms with Crippen LogP contribution in [-0.4, -0.2) is 65.1 Å². The van der Waals surface area contributed by atoms with Crippen molar-refractivity contribution in [3.63, 3.8) is 0 Å². The molecule has 3 rings (SSSR count). The number of Topliss-reactive ketones (excluding diaryl/α,β-unsaturated/α-hetero) is 1.